The van der Waals surface area contributed by atoms with Crippen LogP contribution in [0, 0.1) is 6.92 Å². The van der Waals surface area contributed by atoms with Gasteiger partial charge in [-0.05, 0) is 36.9 Å². The molecular formula is C22H20N2O4S. The molecule has 0 aliphatic carbocycles. The average Bonchev–Trinajstić information content (AvgIpc) is 3.11. The lowest BCUT2D eigenvalue weighted by atomic mass is 10.1. The van der Waals surface area contributed by atoms with Crippen LogP contribution in [0.2, 0.25) is 0 Å². The van der Waals surface area contributed by atoms with Crippen LogP contribution in [0.4, 0.5) is 5.69 Å². The first-order chi connectivity index (χ1) is 13.9. The molecule has 7 heteroatoms. The minimum atomic E-state index is -4.11. The predicted octanol–water partition coefficient (Wildman–Crippen LogP) is 3.47. The first kappa shape index (κ1) is 19.1. The van der Waals surface area contributed by atoms with Crippen molar-refractivity contribution in [1.29, 1.82) is 0 Å². The molecule has 0 radical (unpaired) electrons. The van der Waals surface area contributed by atoms with Gasteiger partial charge in [0, 0.05) is 17.5 Å². The summed E-state index contributed by atoms with van der Waals surface area (Å²) in [6, 6.07) is 18.2. The quantitative estimate of drug-likeness (QED) is 0.717. The van der Waals surface area contributed by atoms with Crippen LogP contribution in [-0.4, -0.2) is 30.6 Å². The van der Waals surface area contributed by atoms with Gasteiger partial charge in [0.1, 0.15) is 6.04 Å². The van der Waals surface area contributed by atoms with E-state index in [1.54, 1.807) is 18.2 Å². The molecule has 1 heterocycles. The second-order valence-corrected chi connectivity index (χ2v) is 8.89. The van der Waals surface area contributed by atoms with E-state index in [-0.39, 0.29) is 17.7 Å². The van der Waals surface area contributed by atoms with Gasteiger partial charge in [-0.25, -0.2) is 12.7 Å². The number of amides is 2. The van der Waals surface area contributed by atoms with Gasteiger partial charge in [-0.3, -0.25) is 9.59 Å². The summed E-state index contributed by atoms with van der Waals surface area (Å²) in [4.78, 5) is 25.4. The normalized spacial score (nSPS) is 16.9. The fourth-order valence-electron chi connectivity index (χ4n) is 3.57. The summed E-state index contributed by atoms with van der Waals surface area (Å²) in [5, 5.41) is 4.62. The van der Waals surface area contributed by atoms with Crippen LogP contribution in [-0.2, 0) is 19.6 Å². The fourth-order valence-corrected chi connectivity index (χ4v) is 5.18. The van der Waals surface area contributed by atoms with Gasteiger partial charge < -0.3 is 5.32 Å². The van der Waals surface area contributed by atoms with Gasteiger partial charge in [0.15, 0.2) is 0 Å². The molecule has 6 nitrogen and oxygen atoms in total. The number of nitrogens with zero attached hydrogens (tertiary/aromatic N) is 1. The Hall–Kier alpha value is -3.19. The Morgan fingerprint density at radius 1 is 1.00 bits per heavy atom. The zero-order valence-electron chi connectivity index (χ0n) is 15.8. The molecule has 2 amide bonds. The molecule has 3 aromatic rings. The van der Waals surface area contributed by atoms with Crippen LogP contribution in [0.3, 0.4) is 0 Å². The van der Waals surface area contributed by atoms with E-state index in [4.69, 9.17) is 0 Å². The Labute approximate surface area is 169 Å². The summed E-state index contributed by atoms with van der Waals surface area (Å²) in [6.07, 6.45) is 0.166. The smallest absolute Gasteiger partial charge is 0.267 e. The molecule has 0 unspecified atom stereocenters. The number of carbonyl (C=O) groups is 2. The van der Waals surface area contributed by atoms with E-state index in [9.17, 15) is 18.0 Å². The summed E-state index contributed by atoms with van der Waals surface area (Å²) in [7, 11) is -4.11. The molecule has 1 atom stereocenters. The van der Waals surface area contributed by atoms with Crippen molar-refractivity contribution in [3.05, 3.63) is 72.3 Å². The Balaban J connectivity index is 1.65. The fraction of sp³-hybridized carbons (Fsp3) is 0.182. The van der Waals surface area contributed by atoms with Crippen molar-refractivity contribution in [3.63, 3.8) is 0 Å². The number of hydrogen-bond acceptors (Lipinski definition) is 4. The van der Waals surface area contributed by atoms with Crippen LogP contribution in [0.15, 0.2) is 71.6 Å². The van der Waals surface area contributed by atoms with Gasteiger partial charge in [-0.2, -0.15) is 0 Å². The van der Waals surface area contributed by atoms with Crippen LogP contribution in [0.1, 0.15) is 18.4 Å². The second-order valence-electron chi connectivity index (χ2n) is 7.08. The molecule has 4 rings (SSSR count). The van der Waals surface area contributed by atoms with Gasteiger partial charge in [-0.15, -0.1) is 0 Å². The number of fused-ring (bicyclic) bond motifs is 1. The SMILES string of the molecule is Cc1ccc(S(=O)(=O)N2C(=O)CC[C@H]2C(=O)Nc2cccc3ccccc23)cc1. The highest BCUT2D eigenvalue weighted by Crippen LogP contribution is 2.29. The number of benzene rings is 3. The number of rotatable bonds is 4. The maximum atomic E-state index is 13.1. The molecular weight excluding hydrogens is 388 g/mol. The highest BCUT2D eigenvalue weighted by Gasteiger charge is 2.44. The lowest BCUT2D eigenvalue weighted by Gasteiger charge is -2.24. The third-order valence-electron chi connectivity index (χ3n) is 5.09. The zero-order valence-corrected chi connectivity index (χ0v) is 16.6. The summed E-state index contributed by atoms with van der Waals surface area (Å²) in [5.74, 6) is -1.08. The van der Waals surface area contributed by atoms with Gasteiger partial charge in [0.2, 0.25) is 11.8 Å². The Morgan fingerprint density at radius 3 is 2.45 bits per heavy atom. The van der Waals surface area contributed by atoms with Crippen molar-refractivity contribution >= 4 is 38.3 Å². The van der Waals surface area contributed by atoms with Crippen molar-refractivity contribution in [3.8, 4) is 0 Å². The Kier molecular flexibility index (Phi) is 4.84. The van der Waals surface area contributed by atoms with E-state index >= 15 is 0 Å². The van der Waals surface area contributed by atoms with Crippen LogP contribution in [0.25, 0.3) is 10.8 Å². The number of sulfonamides is 1. The molecule has 3 aromatic carbocycles. The number of nitrogens with one attached hydrogen (secondary N) is 1. The molecule has 29 heavy (non-hydrogen) atoms. The lowest BCUT2D eigenvalue weighted by molar-refractivity contribution is -0.128. The maximum Gasteiger partial charge on any atom is 0.267 e. The molecule has 1 aliphatic heterocycles. The van der Waals surface area contributed by atoms with Gasteiger partial charge >= 0.3 is 0 Å². The summed E-state index contributed by atoms with van der Waals surface area (Å²) in [6.45, 7) is 1.85. The van der Waals surface area contributed by atoms with E-state index in [1.807, 2.05) is 43.3 Å². The maximum absolute atomic E-state index is 13.1. The van der Waals surface area contributed by atoms with Gasteiger partial charge in [0.25, 0.3) is 10.0 Å². The lowest BCUT2D eigenvalue weighted by Crippen LogP contribution is -2.45. The molecule has 0 saturated carbocycles. The number of anilines is 1. The molecule has 1 N–H and O–H groups in total. The van der Waals surface area contributed by atoms with Gasteiger partial charge in [-0.1, -0.05) is 54.1 Å². The Bertz CT molecular complexity index is 1200. The van der Waals surface area contributed by atoms with Crippen molar-refractivity contribution in [2.24, 2.45) is 0 Å². The highest BCUT2D eigenvalue weighted by atomic mass is 32.2. The van der Waals surface area contributed by atoms with E-state index in [2.05, 4.69) is 5.32 Å². The second kappa shape index (κ2) is 7.33. The Morgan fingerprint density at radius 2 is 1.69 bits per heavy atom. The third-order valence-corrected chi connectivity index (χ3v) is 6.93. The highest BCUT2D eigenvalue weighted by molar-refractivity contribution is 7.89. The van der Waals surface area contributed by atoms with Crippen molar-refractivity contribution in [2.45, 2.75) is 30.7 Å². The summed E-state index contributed by atoms with van der Waals surface area (Å²) in [5.41, 5.74) is 1.49. The monoisotopic (exact) mass is 408 g/mol. The van der Waals surface area contributed by atoms with Crippen molar-refractivity contribution in [1.82, 2.24) is 4.31 Å². The molecule has 0 aromatic heterocycles. The van der Waals surface area contributed by atoms with E-state index in [0.717, 1.165) is 20.6 Å². The van der Waals surface area contributed by atoms with Gasteiger partial charge in [0.05, 0.1) is 4.90 Å². The van der Waals surface area contributed by atoms with Crippen LogP contribution >= 0.6 is 0 Å². The van der Waals surface area contributed by atoms with Crippen LogP contribution < -0.4 is 5.32 Å². The first-order valence-corrected chi connectivity index (χ1v) is 10.7. The van der Waals surface area contributed by atoms with Crippen molar-refractivity contribution < 1.29 is 18.0 Å². The van der Waals surface area contributed by atoms with E-state index in [1.165, 1.54) is 12.1 Å². The van der Waals surface area contributed by atoms with Crippen LogP contribution in [0.5, 0.6) is 0 Å². The average molecular weight is 408 g/mol. The third kappa shape index (κ3) is 3.49. The number of aryl methyl sites for hydroxylation is 1. The number of carbonyl (C=O) groups excluding carboxylic acids is 2. The molecule has 1 aliphatic rings. The predicted molar refractivity (Wildman–Crippen MR) is 111 cm³/mol. The summed E-state index contributed by atoms with van der Waals surface area (Å²) >= 11 is 0. The number of hydrogen-bond donors (Lipinski definition) is 1. The molecule has 0 bridgehead atoms. The standard InChI is InChI=1S/C22H20N2O4S/c1-15-9-11-17(12-10-15)29(27,28)24-20(13-14-21(24)25)22(26)23-19-8-4-6-16-5-2-3-7-18(16)19/h2-12,20H,13-14H2,1H3,(H,23,26)/t20-/m0/s1. The largest absolute Gasteiger partial charge is 0.324 e. The van der Waals surface area contributed by atoms with E-state index in [0.29, 0.717) is 5.69 Å². The summed E-state index contributed by atoms with van der Waals surface area (Å²) < 4.78 is 26.9. The first-order valence-electron chi connectivity index (χ1n) is 9.30. The van der Waals surface area contributed by atoms with Crippen molar-refractivity contribution in [2.75, 3.05) is 5.32 Å². The molecule has 1 saturated heterocycles. The minimum absolute atomic E-state index is 0.00121. The molecule has 148 valence electrons. The topological polar surface area (TPSA) is 83.6 Å². The zero-order chi connectivity index (χ0) is 20.6. The molecule has 1 fully saturated rings. The van der Waals surface area contributed by atoms with E-state index < -0.39 is 27.9 Å². The molecule has 0 spiro atoms. The minimum Gasteiger partial charge on any atom is -0.324 e.